The molecule has 9 heteroatoms. The Morgan fingerprint density at radius 1 is 1.15 bits per heavy atom. The van der Waals surface area contributed by atoms with Gasteiger partial charge in [0.25, 0.3) is 0 Å². The molecule has 140 valence electrons. The van der Waals surface area contributed by atoms with Crippen molar-refractivity contribution in [3.8, 4) is 11.4 Å². The largest absolute Gasteiger partial charge is 0.444 e. The lowest BCUT2D eigenvalue weighted by Gasteiger charge is -2.10. The Morgan fingerprint density at radius 3 is 2.63 bits per heavy atom. The highest BCUT2D eigenvalue weighted by Gasteiger charge is 2.18. The van der Waals surface area contributed by atoms with Gasteiger partial charge in [0.2, 0.25) is 0 Å². The Bertz CT molecular complexity index is 1030. The maximum absolute atomic E-state index is 12.0. The first-order valence-electron chi connectivity index (χ1n) is 7.95. The van der Waals surface area contributed by atoms with E-state index in [4.69, 9.17) is 8.92 Å². The molecule has 3 rings (SSSR count). The molecule has 2 aromatic carbocycles. The van der Waals surface area contributed by atoms with Gasteiger partial charge in [-0.3, -0.25) is 0 Å². The van der Waals surface area contributed by atoms with Crippen LogP contribution >= 0.6 is 0 Å². The average molecular weight is 387 g/mol. The van der Waals surface area contributed by atoms with E-state index in [-0.39, 0.29) is 12.4 Å². The van der Waals surface area contributed by atoms with Gasteiger partial charge in [0, 0.05) is 12.3 Å². The molecule has 1 N–H and O–H groups in total. The molecule has 0 saturated heterocycles. The van der Waals surface area contributed by atoms with E-state index in [0.29, 0.717) is 5.69 Å². The Hall–Kier alpha value is -3.33. The minimum absolute atomic E-state index is 0.0437. The van der Waals surface area contributed by atoms with Crippen molar-refractivity contribution in [1.29, 1.82) is 0 Å². The summed E-state index contributed by atoms with van der Waals surface area (Å²) in [5.74, 6) is 0.0437. The van der Waals surface area contributed by atoms with Crippen LogP contribution in [0.15, 0.2) is 67.1 Å². The first-order chi connectivity index (χ1) is 12.9. The van der Waals surface area contributed by atoms with E-state index in [1.807, 2.05) is 13.0 Å². The molecule has 0 spiro atoms. The van der Waals surface area contributed by atoms with Crippen molar-refractivity contribution in [1.82, 2.24) is 14.3 Å². The van der Waals surface area contributed by atoms with E-state index in [9.17, 15) is 13.2 Å². The van der Waals surface area contributed by atoms with Gasteiger partial charge >= 0.3 is 16.4 Å². The van der Waals surface area contributed by atoms with Gasteiger partial charge in [-0.05, 0) is 24.6 Å². The van der Waals surface area contributed by atoms with Gasteiger partial charge in [-0.1, -0.05) is 36.4 Å². The summed E-state index contributed by atoms with van der Waals surface area (Å²) in [5, 5.41) is 0. The van der Waals surface area contributed by atoms with Crippen molar-refractivity contribution < 1.29 is 22.1 Å². The second kappa shape index (κ2) is 7.92. The third-order valence-corrected chi connectivity index (χ3v) is 4.28. The molecular weight excluding hydrogens is 370 g/mol. The molecule has 0 unspecified atom stereocenters. The van der Waals surface area contributed by atoms with Crippen LogP contribution in [0.5, 0.6) is 5.75 Å². The van der Waals surface area contributed by atoms with Crippen LogP contribution < -0.4 is 8.91 Å². The lowest BCUT2D eigenvalue weighted by molar-refractivity contribution is 0.145. The molecule has 1 amide bonds. The smallest absolute Gasteiger partial charge is 0.423 e. The van der Waals surface area contributed by atoms with E-state index in [2.05, 4.69) is 4.98 Å². The van der Waals surface area contributed by atoms with Gasteiger partial charge in [-0.15, -0.1) is 0 Å². The fraction of sp³-hybridized carbons (Fsp3) is 0.111. The molecule has 27 heavy (non-hydrogen) atoms. The van der Waals surface area contributed by atoms with E-state index in [1.54, 1.807) is 58.2 Å². The highest BCUT2D eigenvalue weighted by Crippen LogP contribution is 2.18. The molecule has 0 aliphatic carbocycles. The summed E-state index contributed by atoms with van der Waals surface area (Å²) in [6, 6.07) is 15.3. The minimum atomic E-state index is -4.38. The van der Waals surface area contributed by atoms with Gasteiger partial charge < -0.3 is 13.5 Å². The highest BCUT2D eigenvalue weighted by molar-refractivity contribution is 7.85. The quantitative estimate of drug-likeness (QED) is 0.698. The molecule has 0 aliphatic heterocycles. The zero-order valence-corrected chi connectivity index (χ0v) is 15.2. The van der Waals surface area contributed by atoms with Crippen molar-refractivity contribution in [2.45, 2.75) is 13.5 Å². The number of ether oxygens (including phenoxy) is 1. The average Bonchev–Trinajstić information content (AvgIpc) is 3.07. The van der Waals surface area contributed by atoms with Crippen LogP contribution in [0.1, 0.15) is 11.3 Å². The predicted molar refractivity (Wildman–Crippen MR) is 97.6 cm³/mol. The number of aryl methyl sites for hydroxylation is 1. The van der Waals surface area contributed by atoms with Gasteiger partial charge in [0.1, 0.15) is 12.4 Å². The first kappa shape index (κ1) is 18.5. The van der Waals surface area contributed by atoms with Crippen molar-refractivity contribution in [3.63, 3.8) is 0 Å². The number of benzene rings is 2. The van der Waals surface area contributed by atoms with Gasteiger partial charge in [0.05, 0.1) is 17.7 Å². The maximum Gasteiger partial charge on any atom is 0.423 e. The molecule has 0 saturated carbocycles. The number of imidazole rings is 1. The molecule has 0 fully saturated rings. The van der Waals surface area contributed by atoms with Crippen LogP contribution in [-0.4, -0.2) is 24.1 Å². The van der Waals surface area contributed by atoms with E-state index in [1.165, 1.54) is 12.1 Å². The first-order valence-corrected chi connectivity index (χ1v) is 9.36. The summed E-state index contributed by atoms with van der Waals surface area (Å²) in [7, 11) is -4.38. The van der Waals surface area contributed by atoms with Crippen molar-refractivity contribution in [2.24, 2.45) is 0 Å². The van der Waals surface area contributed by atoms with Crippen molar-refractivity contribution >= 4 is 16.4 Å². The van der Waals surface area contributed by atoms with Gasteiger partial charge in [-0.25, -0.2) is 9.78 Å². The Balaban J connectivity index is 1.61. The minimum Gasteiger partial charge on any atom is -0.444 e. The SMILES string of the molecule is Cc1cn(-c2cccc(OS(=O)(=O)NC(=O)OCc3ccccc3)c2)cn1. The summed E-state index contributed by atoms with van der Waals surface area (Å²) in [4.78, 5) is 15.8. The Labute approximate surface area is 156 Å². The lowest BCUT2D eigenvalue weighted by Crippen LogP contribution is -2.34. The Kier molecular flexibility index (Phi) is 5.41. The molecule has 0 aliphatic rings. The zero-order chi connectivity index (χ0) is 19.3. The highest BCUT2D eigenvalue weighted by atomic mass is 32.2. The van der Waals surface area contributed by atoms with E-state index >= 15 is 0 Å². The van der Waals surface area contributed by atoms with Crippen LogP contribution in [0.3, 0.4) is 0 Å². The van der Waals surface area contributed by atoms with Crippen LogP contribution in [0.2, 0.25) is 0 Å². The van der Waals surface area contributed by atoms with E-state index < -0.39 is 16.4 Å². The summed E-state index contributed by atoms with van der Waals surface area (Å²) >= 11 is 0. The molecule has 3 aromatic rings. The maximum atomic E-state index is 12.0. The Morgan fingerprint density at radius 2 is 1.93 bits per heavy atom. The van der Waals surface area contributed by atoms with Crippen molar-refractivity contribution in [3.05, 3.63) is 78.4 Å². The number of nitrogens with one attached hydrogen (secondary N) is 1. The number of nitrogens with zero attached hydrogens (tertiary/aromatic N) is 2. The number of carbonyl (C=O) groups excluding carboxylic acids is 1. The fourth-order valence-electron chi connectivity index (χ4n) is 2.26. The van der Waals surface area contributed by atoms with Crippen molar-refractivity contribution in [2.75, 3.05) is 0 Å². The number of hydrogen-bond acceptors (Lipinski definition) is 6. The summed E-state index contributed by atoms with van der Waals surface area (Å²) in [6.45, 7) is 1.78. The molecule has 1 heterocycles. The second-order valence-electron chi connectivity index (χ2n) is 5.62. The summed E-state index contributed by atoms with van der Waals surface area (Å²) in [5.41, 5.74) is 2.21. The lowest BCUT2D eigenvalue weighted by atomic mass is 10.2. The van der Waals surface area contributed by atoms with Crippen LogP contribution in [0.25, 0.3) is 5.69 Å². The molecule has 1 aromatic heterocycles. The number of hydrogen-bond donors (Lipinski definition) is 1. The number of rotatable bonds is 6. The normalized spacial score (nSPS) is 11.0. The molecule has 0 atom stereocenters. The van der Waals surface area contributed by atoms with Crippen LogP contribution in [0, 0.1) is 6.92 Å². The molecule has 8 nitrogen and oxygen atoms in total. The number of amides is 1. The monoisotopic (exact) mass is 387 g/mol. The molecule has 0 bridgehead atoms. The zero-order valence-electron chi connectivity index (χ0n) is 14.4. The van der Waals surface area contributed by atoms with E-state index in [0.717, 1.165) is 11.3 Å². The fourth-order valence-corrected chi connectivity index (χ4v) is 2.92. The third kappa shape index (κ3) is 5.32. The number of aromatic nitrogens is 2. The summed E-state index contributed by atoms with van der Waals surface area (Å²) in [6.07, 6.45) is 2.26. The van der Waals surface area contributed by atoms with Gasteiger partial charge in [-0.2, -0.15) is 13.1 Å². The third-order valence-electron chi connectivity index (χ3n) is 3.45. The second-order valence-corrected chi connectivity index (χ2v) is 6.90. The van der Waals surface area contributed by atoms with Crippen LogP contribution in [-0.2, 0) is 21.6 Å². The molecular formula is C18H17N3O5S. The summed E-state index contributed by atoms with van der Waals surface area (Å²) < 4.78 is 37.3. The van der Waals surface area contributed by atoms with Crippen LogP contribution in [0.4, 0.5) is 4.79 Å². The molecule has 0 radical (unpaired) electrons. The van der Waals surface area contributed by atoms with Gasteiger partial charge in [0.15, 0.2) is 0 Å². The predicted octanol–water partition coefficient (Wildman–Crippen LogP) is 2.73. The number of carbonyl (C=O) groups is 1. The standard InChI is InChI=1S/C18H17N3O5S/c1-14-11-21(13-19-14)16-8-5-9-17(10-16)26-27(23,24)20-18(22)25-12-15-6-3-2-4-7-15/h2-11,13H,12H2,1H3,(H,20,22). The topological polar surface area (TPSA) is 99.5 Å².